The maximum Gasteiger partial charge on any atom is 0.110 e. The quantitative estimate of drug-likeness (QED) is 0.219. The van der Waals surface area contributed by atoms with E-state index in [0.29, 0.717) is 0 Å². The minimum absolute atomic E-state index is 0.526. The number of aliphatic hydroxyl groups is 9. The van der Waals surface area contributed by atoms with Crippen molar-refractivity contribution in [2.45, 2.75) is 30.5 Å². The van der Waals surface area contributed by atoms with E-state index in [1.807, 2.05) is 0 Å². The van der Waals surface area contributed by atoms with Crippen molar-refractivity contribution in [1.29, 1.82) is 0 Å². The highest BCUT2D eigenvalue weighted by Crippen LogP contribution is 1.98. The lowest BCUT2D eigenvalue weighted by Gasteiger charge is -2.19. The van der Waals surface area contributed by atoms with Gasteiger partial charge in [-0.3, -0.25) is 0 Å². The van der Waals surface area contributed by atoms with Crippen molar-refractivity contribution in [3.8, 4) is 0 Å². The summed E-state index contributed by atoms with van der Waals surface area (Å²) in [4.78, 5) is 0. The van der Waals surface area contributed by atoms with Crippen LogP contribution in [-0.2, 0) is 0 Å². The van der Waals surface area contributed by atoms with Gasteiger partial charge in [-0.1, -0.05) is 0 Å². The van der Waals surface area contributed by atoms with E-state index in [4.69, 9.17) is 46.0 Å². The fraction of sp³-hybridized carbons (Fsp3) is 1.00. The molecule has 9 nitrogen and oxygen atoms in total. The molecule has 0 bridgehead atoms. The molecule has 0 saturated carbocycles. The first-order valence-electron chi connectivity index (χ1n) is 5.19. The number of hydrogen-bond donors (Lipinski definition) is 9. The molecule has 0 aromatic rings. The summed E-state index contributed by atoms with van der Waals surface area (Å²) < 4.78 is 0. The summed E-state index contributed by atoms with van der Waals surface area (Å²) in [5, 5.41) is 75.7. The molecule has 9 heteroatoms. The molecule has 0 aromatic carbocycles. The molecule has 5 atom stereocenters. The van der Waals surface area contributed by atoms with Crippen molar-refractivity contribution < 1.29 is 46.0 Å². The summed E-state index contributed by atoms with van der Waals surface area (Å²) in [6.45, 7) is -2.33. The monoisotopic (exact) mass is 274 g/mol. The van der Waals surface area contributed by atoms with E-state index in [2.05, 4.69) is 0 Å². The minimum atomic E-state index is -1.49. The Hall–Kier alpha value is -0.360. The summed E-state index contributed by atoms with van der Waals surface area (Å²) in [6, 6.07) is 0. The Kier molecular flexibility index (Phi) is 13.0. The molecular weight excluding hydrogens is 252 g/mol. The van der Waals surface area contributed by atoms with Crippen LogP contribution in [0.1, 0.15) is 0 Å². The van der Waals surface area contributed by atoms with Crippen LogP contribution >= 0.6 is 0 Å². The maximum atomic E-state index is 8.77. The van der Waals surface area contributed by atoms with Gasteiger partial charge in [-0.2, -0.15) is 0 Å². The van der Waals surface area contributed by atoms with E-state index in [1.165, 1.54) is 0 Å². The summed E-state index contributed by atoms with van der Waals surface area (Å²) >= 11 is 0. The van der Waals surface area contributed by atoms with Crippen LogP contribution in [0.2, 0.25) is 0 Å². The molecule has 18 heavy (non-hydrogen) atoms. The Morgan fingerprint density at radius 2 is 0.667 bits per heavy atom. The van der Waals surface area contributed by atoms with Gasteiger partial charge in [0.25, 0.3) is 0 Å². The molecule has 0 radical (unpaired) electrons. The van der Waals surface area contributed by atoms with Crippen molar-refractivity contribution in [3.63, 3.8) is 0 Å². The average molecular weight is 274 g/mol. The second kappa shape index (κ2) is 11.7. The average Bonchev–Trinajstić information content (AvgIpc) is 2.43. The van der Waals surface area contributed by atoms with Gasteiger partial charge in [-0.15, -0.1) is 0 Å². The third-order valence-corrected chi connectivity index (χ3v) is 1.98. The predicted octanol–water partition coefficient (Wildman–Crippen LogP) is -5.25. The second-order valence-corrected chi connectivity index (χ2v) is 3.49. The van der Waals surface area contributed by atoms with Crippen LogP contribution in [0.5, 0.6) is 0 Å². The Morgan fingerprint density at radius 1 is 0.444 bits per heavy atom. The molecule has 112 valence electrons. The van der Waals surface area contributed by atoms with E-state index in [-0.39, 0.29) is 0 Å². The molecule has 9 N–H and O–H groups in total. The normalized spacial score (nSPS) is 19.2. The fourth-order valence-corrected chi connectivity index (χ4v) is 0.716. The molecule has 0 amide bonds. The van der Waals surface area contributed by atoms with E-state index < -0.39 is 56.9 Å². The summed E-state index contributed by atoms with van der Waals surface area (Å²) in [6.07, 6.45) is -6.74. The fourth-order valence-electron chi connectivity index (χ4n) is 0.716. The molecule has 0 fully saturated rings. The highest BCUT2D eigenvalue weighted by atomic mass is 16.4. The lowest BCUT2D eigenvalue weighted by Crippen LogP contribution is -2.41. The SMILES string of the molecule is OC[C@@H](O)[C@@H](O)CO.OC[C@@H](O)[C@H](O)[C@@H](O)CO. The molecule has 0 heterocycles. The first-order chi connectivity index (χ1) is 8.35. The molecule has 0 aromatic heterocycles. The van der Waals surface area contributed by atoms with Crippen LogP contribution < -0.4 is 0 Å². The van der Waals surface area contributed by atoms with Gasteiger partial charge in [0.1, 0.15) is 30.5 Å². The Bertz CT molecular complexity index is 161. The molecule has 0 unspecified atom stereocenters. The molecule has 0 aliphatic carbocycles. The molecule has 0 rings (SSSR count). The van der Waals surface area contributed by atoms with Gasteiger partial charge in [0.05, 0.1) is 26.4 Å². The minimum Gasteiger partial charge on any atom is -0.394 e. The van der Waals surface area contributed by atoms with Crippen molar-refractivity contribution in [2.75, 3.05) is 26.4 Å². The molecule has 0 spiro atoms. The van der Waals surface area contributed by atoms with Gasteiger partial charge in [-0.25, -0.2) is 0 Å². The first kappa shape index (κ1) is 20.0. The third kappa shape index (κ3) is 8.69. The number of rotatable bonds is 7. The lowest BCUT2D eigenvalue weighted by molar-refractivity contribution is -0.0900. The van der Waals surface area contributed by atoms with E-state index >= 15 is 0 Å². The Morgan fingerprint density at radius 3 is 0.833 bits per heavy atom. The van der Waals surface area contributed by atoms with Crippen molar-refractivity contribution in [3.05, 3.63) is 0 Å². The van der Waals surface area contributed by atoms with Gasteiger partial charge in [0.15, 0.2) is 0 Å². The Balaban J connectivity index is 0. The van der Waals surface area contributed by atoms with Crippen molar-refractivity contribution >= 4 is 0 Å². The molecular formula is C9H22O9. The third-order valence-electron chi connectivity index (χ3n) is 1.98. The molecule has 0 saturated heterocycles. The van der Waals surface area contributed by atoms with Gasteiger partial charge in [-0.05, 0) is 0 Å². The van der Waals surface area contributed by atoms with Crippen molar-refractivity contribution in [2.24, 2.45) is 0 Å². The summed E-state index contributed by atoms with van der Waals surface area (Å²) in [5.74, 6) is 0. The predicted molar refractivity (Wildman–Crippen MR) is 58.4 cm³/mol. The highest BCUT2D eigenvalue weighted by Gasteiger charge is 2.22. The van der Waals surface area contributed by atoms with Gasteiger partial charge in [0, 0.05) is 0 Å². The largest absolute Gasteiger partial charge is 0.394 e. The van der Waals surface area contributed by atoms with Gasteiger partial charge in [0.2, 0.25) is 0 Å². The van der Waals surface area contributed by atoms with Gasteiger partial charge < -0.3 is 46.0 Å². The van der Waals surface area contributed by atoms with E-state index in [9.17, 15) is 0 Å². The summed E-state index contributed by atoms with van der Waals surface area (Å²) in [7, 11) is 0. The molecule has 0 aliphatic rings. The Labute approximate surface area is 104 Å². The van der Waals surface area contributed by atoms with Gasteiger partial charge >= 0.3 is 0 Å². The van der Waals surface area contributed by atoms with E-state index in [0.717, 1.165) is 0 Å². The van der Waals surface area contributed by atoms with Crippen LogP contribution in [0.15, 0.2) is 0 Å². The van der Waals surface area contributed by atoms with Crippen LogP contribution in [0.4, 0.5) is 0 Å². The number of hydrogen-bond acceptors (Lipinski definition) is 9. The van der Waals surface area contributed by atoms with Crippen LogP contribution in [0, 0.1) is 0 Å². The highest BCUT2D eigenvalue weighted by molar-refractivity contribution is 4.73. The first-order valence-corrected chi connectivity index (χ1v) is 5.19. The maximum absolute atomic E-state index is 8.77. The zero-order chi connectivity index (χ0) is 14.7. The summed E-state index contributed by atoms with van der Waals surface area (Å²) in [5.41, 5.74) is 0. The number of aliphatic hydroxyl groups excluding tert-OH is 9. The van der Waals surface area contributed by atoms with Crippen LogP contribution in [0.25, 0.3) is 0 Å². The van der Waals surface area contributed by atoms with Crippen LogP contribution in [0.3, 0.4) is 0 Å². The van der Waals surface area contributed by atoms with Crippen molar-refractivity contribution in [1.82, 2.24) is 0 Å². The second-order valence-electron chi connectivity index (χ2n) is 3.49. The van der Waals surface area contributed by atoms with Crippen LogP contribution in [-0.4, -0.2) is 103 Å². The molecule has 0 aliphatic heterocycles. The smallest absolute Gasteiger partial charge is 0.110 e. The standard InChI is InChI=1S/C5H12O5.C4H10O4/c6-1-3(8)5(10)4(9)2-7;5-1-3(7)4(8)2-6/h3-10H,1-2H2;3-8H,1-2H2/t3-,4+,5+;3-,4+. The zero-order valence-corrected chi connectivity index (χ0v) is 9.74. The lowest BCUT2D eigenvalue weighted by atomic mass is 10.1. The topological polar surface area (TPSA) is 182 Å². The zero-order valence-electron chi connectivity index (χ0n) is 9.74. The van der Waals surface area contributed by atoms with E-state index in [1.54, 1.807) is 0 Å².